The Kier molecular flexibility index (Phi) is 6.65. The minimum atomic E-state index is -0.472. The van der Waals surface area contributed by atoms with Crippen LogP contribution in [0.4, 0.5) is 5.69 Å². The van der Waals surface area contributed by atoms with Gasteiger partial charge in [-0.25, -0.2) is 5.01 Å². The average molecular weight is 435 g/mol. The Hall–Kier alpha value is -3.06. The fraction of sp³-hybridized carbons (Fsp3) is 0.440. The van der Waals surface area contributed by atoms with Crippen LogP contribution in [0.2, 0.25) is 0 Å². The summed E-state index contributed by atoms with van der Waals surface area (Å²) in [6.07, 6.45) is 3.21. The van der Waals surface area contributed by atoms with Crippen LogP contribution < -0.4 is 0 Å². The second-order valence-electron chi connectivity index (χ2n) is 8.99. The van der Waals surface area contributed by atoms with E-state index < -0.39 is 6.04 Å². The van der Waals surface area contributed by atoms with E-state index in [1.165, 1.54) is 17.5 Å². The summed E-state index contributed by atoms with van der Waals surface area (Å²) in [5, 5.41) is 17.9. The number of likely N-dealkylation sites (tertiary alicyclic amines) is 1. The third-order valence-corrected chi connectivity index (χ3v) is 6.39. The molecule has 7 nitrogen and oxygen atoms in total. The highest BCUT2D eigenvalue weighted by atomic mass is 16.6. The molecule has 0 bridgehead atoms. The number of amides is 1. The van der Waals surface area contributed by atoms with Gasteiger partial charge in [0.15, 0.2) is 0 Å². The molecule has 7 heteroatoms. The number of carbonyl (C=O) groups excluding carboxylic acids is 1. The normalized spacial score (nSPS) is 21.4. The van der Waals surface area contributed by atoms with Crippen molar-refractivity contribution < 1.29 is 9.72 Å². The van der Waals surface area contributed by atoms with E-state index in [9.17, 15) is 14.9 Å². The van der Waals surface area contributed by atoms with Crippen LogP contribution in [-0.4, -0.2) is 46.1 Å². The smallest absolute Gasteiger partial charge is 0.274 e. The standard InChI is InChI=1S/C25H30N4O3/c1-18-7-5-9-20(15-18)22-16-24(21-10-3-4-11-23(21)29(31)32)28(26-22)25(30)12-14-27-13-6-8-19(2)17-27/h3-5,7,9-11,15,19,24H,6,8,12-14,16-17H2,1-2H3/t19-,24-/m1/s1. The molecule has 2 heterocycles. The molecule has 168 valence electrons. The summed E-state index contributed by atoms with van der Waals surface area (Å²) in [6.45, 7) is 6.98. The van der Waals surface area contributed by atoms with Gasteiger partial charge < -0.3 is 4.90 Å². The van der Waals surface area contributed by atoms with Gasteiger partial charge in [-0.15, -0.1) is 0 Å². The number of nitro groups is 1. The summed E-state index contributed by atoms with van der Waals surface area (Å²) in [4.78, 5) is 26.9. The molecule has 0 N–H and O–H groups in total. The van der Waals surface area contributed by atoms with Gasteiger partial charge in [0.25, 0.3) is 5.69 Å². The predicted octanol–water partition coefficient (Wildman–Crippen LogP) is 4.70. The molecule has 0 aliphatic carbocycles. The molecule has 0 saturated carbocycles. The molecule has 1 amide bonds. The Morgan fingerprint density at radius 3 is 2.78 bits per heavy atom. The van der Waals surface area contributed by atoms with E-state index in [4.69, 9.17) is 5.10 Å². The Morgan fingerprint density at radius 1 is 1.22 bits per heavy atom. The molecular formula is C25H30N4O3. The van der Waals surface area contributed by atoms with Crippen LogP contribution in [0.5, 0.6) is 0 Å². The van der Waals surface area contributed by atoms with Gasteiger partial charge in [-0.05, 0) is 43.9 Å². The van der Waals surface area contributed by atoms with E-state index >= 15 is 0 Å². The second kappa shape index (κ2) is 9.61. The highest BCUT2D eigenvalue weighted by Gasteiger charge is 2.36. The van der Waals surface area contributed by atoms with Gasteiger partial charge in [-0.3, -0.25) is 14.9 Å². The number of rotatable bonds is 6. The zero-order valence-corrected chi connectivity index (χ0v) is 18.7. The van der Waals surface area contributed by atoms with E-state index in [2.05, 4.69) is 11.8 Å². The molecule has 2 aliphatic rings. The van der Waals surface area contributed by atoms with Crippen molar-refractivity contribution in [3.8, 4) is 0 Å². The van der Waals surface area contributed by atoms with Crippen molar-refractivity contribution in [2.75, 3.05) is 19.6 Å². The van der Waals surface area contributed by atoms with E-state index in [1.807, 2.05) is 31.2 Å². The van der Waals surface area contributed by atoms with Crippen LogP contribution in [0.15, 0.2) is 53.6 Å². The third kappa shape index (κ3) is 4.88. The number of aryl methyl sites for hydroxylation is 1. The van der Waals surface area contributed by atoms with Crippen molar-refractivity contribution in [1.82, 2.24) is 9.91 Å². The summed E-state index contributed by atoms with van der Waals surface area (Å²) >= 11 is 0. The Balaban J connectivity index is 1.60. The van der Waals surface area contributed by atoms with Crippen molar-refractivity contribution >= 4 is 17.3 Å². The SMILES string of the molecule is Cc1cccc(C2=NN(C(=O)CCN3CCC[C@@H](C)C3)[C@@H](c3ccccc3[N+](=O)[O-])C2)c1. The minimum absolute atomic E-state index is 0.0286. The first kappa shape index (κ1) is 22.1. The molecule has 1 fully saturated rings. The van der Waals surface area contributed by atoms with Crippen molar-refractivity contribution in [3.05, 3.63) is 75.3 Å². The summed E-state index contributed by atoms with van der Waals surface area (Å²) in [5.74, 6) is 0.560. The molecule has 2 atom stereocenters. The van der Waals surface area contributed by atoms with Gasteiger partial charge in [0, 0.05) is 32.0 Å². The molecule has 0 unspecified atom stereocenters. The number of hydrogen-bond donors (Lipinski definition) is 0. The van der Waals surface area contributed by atoms with E-state index in [1.54, 1.807) is 18.2 Å². The molecular weight excluding hydrogens is 404 g/mol. The monoisotopic (exact) mass is 434 g/mol. The number of hydrogen-bond acceptors (Lipinski definition) is 5. The van der Waals surface area contributed by atoms with Gasteiger partial charge in [0.1, 0.15) is 0 Å². The maximum atomic E-state index is 13.3. The zero-order valence-electron chi connectivity index (χ0n) is 18.7. The minimum Gasteiger partial charge on any atom is -0.303 e. The number of nitro benzene ring substituents is 1. The van der Waals surface area contributed by atoms with Gasteiger partial charge in [0.05, 0.1) is 22.2 Å². The topological polar surface area (TPSA) is 79.0 Å². The molecule has 0 radical (unpaired) electrons. The van der Waals surface area contributed by atoms with Gasteiger partial charge in [-0.1, -0.05) is 48.9 Å². The number of benzene rings is 2. The van der Waals surface area contributed by atoms with Gasteiger partial charge >= 0.3 is 0 Å². The second-order valence-corrected chi connectivity index (χ2v) is 8.99. The highest BCUT2D eigenvalue weighted by molar-refractivity contribution is 6.03. The number of hydrazone groups is 1. The van der Waals surface area contributed by atoms with Crippen molar-refractivity contribution in [2.45, 2.75) is 45.6 Å². The van der Waals surface area contributed by atoms with Crippen LogP contribution in [0.3, 0.4) is 0 Å². The van der Waals surface area contributed by atoms with E-state index in [0.29, 0.717) is 30.9 Å². The molecule has 2 aromatic rings. The fourth-order valence-electron chi connectivity index (χ4n) is 4.78. The summed E-state index contributed by atoms with van der Waals surface area (Å²) in [7, 11) is 0. The molecule has 1 saturated heterocycles. The molecule has 0 spiro atoms. The third-order valence-electron chi connectivity index (χ3n) is 6.39. The Morgan fingerprint density at radius 2 is 2.03 bits per heavy atom. The number of nitrogens with zero attached hydrogens (tertiary/aromatic N) is 4. The van der Waals surface area contributed by atoms with Crippen molar-refractivity contribution in [3.63, 3.8) is 0 Å². The number of piperidine rings is 1. The molecule has 2 aliphatic heterocycles. The Bertz CT molecular complexity index is 1040. The van der Waals surface area contributed by atoms with Crippen LogP contribution in [-0.2, 0) is 4.79 Å². The fourth-order valence-corrected chi connectivity index (χ4v) is 4.78. The molecule has 32 heavy (non-hydrogen) atoms. The maximum absolute atomic E-state index is 13.3. The Labute approximate surface area is 188 Å². The van der Waals surface area contributed by atoms with Crippen molar-refractivity contribution in [2.24, 2.45) is 11.0 Å². The van der Waals surface area contributed by atoms with Crippen LogP contribution in [0.25, 0.3) is 0 Å². The molecule has 4 rings (SSSR count). The van der Waals surface area contributed by atoms with E-state index in [-0.39, 0.29) is 16.5 Å². The first-order chi connectivity index (χ1) is 15.4. The molecule has 0 aromatic heterocycles. The zero-order chi connectivity index (χ0) is 22.7. The van der Waals surface area contributed by atoms with Crippen LogP contribution in [0, 0.1) is 23.0 Å². The summed E-state index contributed by atoms with van der Waals surface area (Å²) in [6, 6.07) is 14.2. The van der Waals surface area contributed by atoms with Gasteiger partial charge in [0.2, 0.25) is 5.91 Å². The van der Waals surface area contributed by atoms with Crippen LogP contribution in [0.1, 0.15) is 55.3 Å². The lowest BCUT2D eigenvalue weighted by Gasteiger charge is -2.31. The summed E-state index contributed by atoms with van der Waals surface area (Å²) < 4.78 is 0. The van der Waals surface area contributed by atoms with Crippen LogP contribution >= 0.6 is 0 Å². The lowest BCUT2D eigenvalue weighted by Crippen LogP contribution is -2.37. The average Bonchev–Trinajstić information content (AvgIpc) is 3.23. The first-order valence-corrected chi connectivity index (χ1v) is 11.3. The summed E-state index contributed by atoms with van der Waals surface area (Å²) in [5.41, 5.74) is 3.41. The predicted molar refractivity (Wildman–Crippen MR) is 124 cm³/mol. The van der Waals surface area contributed by atoms with Crippen molar-refractivity contribution in [1.29, 1.82) is 0 Å². The quantitative estimate of drug-likeness (QED) is 0.487. The van der Waals surface area contributed by atoms with E-state index in [0.717, 1.165) is 36.3 Å². The molecule has 2 aromatic carbocycles. The number of carbonyl (C=O) groups is 1. The number of para-hydroxylation sites is 1. The largest absolute Gasteiger partial charge is 0.303 e. The maximum Gasteiger partial charge on any atom is 0.274 e. The lowest BCUT2D eigenvalue weighted by atomic mass is 9.96. The van der Waals surface area contributed by atoms with Gasteiger partial charge in [-0.2, -0.15) is 5.10 Å². The lowest BCUT2D eigenvalue weighted by molar-refractivity contribution is -0.385. The first-order valence-electron chi connectivity index (χ1n) is 11.3. The highest BCUT2D eigenvalue weighted by Crippen LogP contribution is 2.37.